The number of rotatable bonds is 3. The smallest absolute Gasteiger partial charge is 0.328 e. The summed E-state index contributed by atoms with van der Waals surface area (Å²) in [7, 11) is 0. The number of nitrogens with zero attached hydrogens (tertiary/aromatic N) is 2. The molecule has 4 heteroatoms. The van der Waals surface area contributed by atoms with Crippen LogP contribution in [-0.4, -0.2) is 29.1 Å². The van der Waals surface area contributed by atoms with Gasteiger partial charge in [-0.2, -0.15) is 0 Å². The van der Waals surface area contributed by atoms with E-state index in [9.17, 15) is 4.79 Å². The van der Waals surface area contributed by atoms with Crippen molar-refractivity contribution < 1.29 is 9.90 Å². The van der Waals surface area contributed by atoms with Gasteiger partial charge in [0.1, 0.15) is 5.82 Å². The van der Waals surface area contributed by atoms with Crippen molar-refractivity contribution in [3.05, 3.63) is 30.0 Å². The Hall–Kier alpha value is -1.84. The number of anilines is 1. The molecule has 0 saturated carbocycles. The summed E-state index contributed by atoms with van der Waals surface area (Å²) < 4.78 is 0. The van der Waals surface area contributed by atoms with Crippen LogP contribution in [0.5, 0.6) is 0 Å². The predicted octanol–water partition coefficient (Wildman–Crippen LogP) is 2.27. The van der Waals surface area contributed by atoms with E-state index in [1.54, 1.807) is 12.3 Å². The van der Waals surface area contributed by atoms with Crippen molar-refractivity contribution in [1.82, 2.24) is 4.98 Å². The average molecular weight is 246 g/mol. The molecular weight excluding hydrogens is 228 g/mol. The second-order valence-corrected chi connectivity index (χ2v) is 4.98. The molecule has 2 rings (SSSR count). The van der Waals surface area contributed by atoms with E-state index in [0.717, 1.165) is 30.5 Å². The van der Waals surface area contributed by atoms with Crippen molar-refractivity contribution in [3.63, 3.8) is 0 Å². The van der Waals surface area contributed by atoms with E-state index in [1.807, 2.05) is 12.1 Å². The molecule has 96 valence electrons. The van der Waals surface area contributed by atoms with Crippen LogP contribution >= 0.6 is 0 Å². The lowest BCUT2D eigenvalue weighted by molar-refractivity contribution is -0.131. The maximum Gasteiger partial charge on any atom is 0.328 e. The number of pyridine rings is 1. The fourth-order valence-corrected chi connectivity index (χ4v) is 2.17. The van der Waals surface area contributed by atoms with Gasteiger partial charge in [0.05, 0.1) is 0 Å². The number of carboxylic acids is 1. The molecule has 1 N–H and O–H groups in total. The van der Waals surface area contributed by atoms with Crippen LogP contribution in [0.25, 0.3) is 6.08 Å². The number of aliphatic carboxylic acids is 1. The summed E-state index contributed by atoms with van der Waals surface area (Å²) in [5.74, 6) is 1.41. The Bertz CT molecular complexity index is 443. The summed E-state index contributed by atoms with van der Waals surface area (Å²) in [6.45, 7) is 6.60. The Kier molecular flexibility index (Phi) is 3.65. The quantitative estimate of drug-likeness (QED) is 0.831. The molecule has 0 aliphatic carbocycles. The molecule has 1 fully saturated rings. The van der Waals surface area contributed by atoms with Crippen LogP contribution in [0.4, 0.5) is 5.82 Å². The largest absolute Gasteiger partial charge is 0.478 e. The summed E-state index contributed by atoms with van der Waals surface area (Å²) in [6.07, 6.45) is 4.38. The van der Waals surface area contributed by atoms with E-state index < -0.39 is 5.97 Å². The number of hydrogen-bond donors (Lipinski definition) is 1. The van der Waals surface area contributed by atoms with Crippen molar-refractivity contribution in [2.75, 3.05) is 18.0 Å². The second kappa shape index (κ2) is 5.21. The SMILES string of the molecule is CC1CN(c2ccc(/C=C/C(=O)O)cn2)CC1C. The molecule has 0 spiro atoms. The van der Waals surface area contributed by atoms with E-state index in [0.29, 0.717) is 11.8 Å². The molecule has 1 aliphatic rings. The first-order valence-electron chi connectivity index (χ1n) is 6.18. The van der Waals surface area contributed by atoms with Gasteiger partial charge >= 0.3 is 5.97 Å². The zero-order chi connectivity index (χ0) is 13.1. The normalized spacial score (nSPS) is 23.8. The van der Waals surface area contributed by atoms with Gasteiger partial charge in [-0.15, -0.1) is 0 Å². The molecule has 0 amide bonds. The zero-order valence-electron chi connectivity index (χ0n) is 10.7. The molecule has 1 aromatic heterocycles. The fourth-order valence-electron chi connectivity index (χ4n) is 2.17. The first-order valence-corrected chi connectivity index (χ1v) is 6.18. The minimum atomic E-state index is -0.943. The zero-order valence-corrected chi connectivity index (χ0v) is 10.7. The highest BCUT2D eigenvalue weighted by Gasteiger charge is 2.26. The van der Waals surface area contributed by atoms with E-state index in [-0.39, 0.29) is 0 Å². The van der Waals surface area contributed by atoms with E-state index in [1.165, 1.54) is 0 Å². The average Bonchev–Trinajstić information content (AvgIpc) is 2.68. The molecule has 18 heavy (non-hydrogen) atoms. The Morgan fingerprint density at radius 3 is 2.56 bits per heavy atom. The Balaban J connectivity index is 2.06. The summed E-state index contributed by atoms with van der Waals surface area (Å²) in [6, 6.07) is 3.85. The first kappa shape index (κ1) is 12.6. The highest BCUT2D eigenvalue weighted by molar-refractivity contribution is 5.85. The lowest BCUT2D eigenvalue weighted by Gasteiger charge is -2.16. The van der Waals surface area contributed by atoms with Gasteiger partial charge in [-0.3, -0.25) is 0 Å². The fraction of sp³-hybridized carbons (Fsp3) is 0.429. The lowest BCUT2D eigenvalue weighted by atomic mass is 10.0. The minimum absolute atomic E-state index is 0.693. The molecule has 0 aromatic carbocycles. The van der Waals surface area contributed by atoms with Gasteiger partial charge in [-0.05, 0) is 35.6 Å². The third-order valence-electron chi connectivity index (χ3n) is 3.50. The van der Waals surface area contributed by atoms with Crippen LogP contribution in [0.2, 0.25) is 0 Å². The molecule has 1 aromatic rings. The van der Waals surface area contributed by atoms with Crippen molar-refractivity contribution in [2.45, 2.75) is 13.8 Å². The van der Waals surface area contributed by atoms with Crippen LogP contribution in [0.15, 0.2) is 24.4 Å². The summed E-state index contributed by atoms with van der Waals surface area (Å²) in [5.41, 5.74) is 0.807. The van der Waals surface area contributed by atoms with Crippen molar-refractivity contribution in [3.8, 4) is 0 Å². The topological polar surface area (TPSA) is 53.4 Å². The standard InChI is InChI=1S/C14H18N2O2/c1-10-8-16(9-11(10)2)13-5-3-12(7-15-13)4-6-14(17)18/h3-7,10-11H,8-9H2,1-2H3,(H,17,18)/b6-4+. The number of hydrogen-bond acceptors (Lipinski definition) is 3. The molecule has 0 bridgehead atoms. The Morgan fingerprint density at radius 2 is 2.06 bits per heavy atom. The molecule has 2 heterocycles. The Labute approximate surface area is 107 Å². The number of carbonyl (C=O) groups is 1. The van der Waals surface area contributed by atoms with Crippen LogP contribution < -0.4 is 4.90 Å². The second-order valence-electron chi connectivity index (χ2n) is 4.98. The van der Waals surface area contributed by atoms with Gasteiger partial charge < -0.3 is 10.0 Å². The third kappa shape index (κ3) is 2.88. The van der Waals surface area contributed by atoms with Gasteiger partial charge in [-0.1, -0.05) is 13.8 Å². The highest BCUT2D eigenvalue weighted by Crippen LogP contribution is 2.26. The predicted molar refractivity (Wildman–Crippen MR) is 71.4 cm³/mol. The van der Waals surface area contributed by atoms with Gasteiger partial charge in [0.2, 0.25) is 0 Å². The van der Waals surface area contributed by atoms with Gasteiger partial charge in [0.25, 0.3) is 0 Å². The molecule has 4 nitrogen and oxygen atoms in total. The van der Waals surface area contributed by atoms with Crippen molar-refractivity contribution in [2.24, 2.45) is 11.8 Å². The Morgan fingerprint density at radius 1 is 1.39 bits per heavy atom. The van der Waals surface area contributed by atoms with Gasteiger partial charge in [-0.25, -0.2) is 9.78 Å². The van der Waals surface area contributed by atoms with Crippen molar-refractivity contribution in [1.29, 1.82) is 0 Å². The maximum absolute atomic E-state index is 10.4. The summed E-state index contributed by atoms with van der Waals surface area (Å²) in [4.78, 5) is 17.1. The molecule has 2 unspecified atom stereocenters. The van der Waals surface area contributed by atoms with Crippen LogP contribution in [0.3, 0.4) is 0 Å². The van der Waals surface area contributed by atoms with Crippen LogP contribution in [0.1, 0.15) is 19.4 Å². The monoisotopic (exact) mass is 246 g/mol. The summed E-state index contributed by atoms with van der Waals surface area (Å²) in [5, 5.41) is 8.54. The number of carboxylic acid groups (broad SMARTS) is 1. The lowest BCUT2D eigenvalue weighted by Crippen LogP contribution is -2.20. The molecule has 0 radical (unpaired) electrons. The first-order chi connectivity index (χ1) is 8.56. The molecule has 1 saturated heterocycles. The van der Waals surface area contributed by atoms with Gasteiger partial charge in [0.15, 0.2) is 0 Å². The molecule has 2 atom stereocenters. The van der Waals surface area contributed by atoms with Crippen molar-refractivity contribution >= 4 is 17.9 Å². The summed E-state index contributed by atoms with van der Waals surface area (Å²) >= 11 is 0. The number of aromatic nitrogens is 1. The van der Waals surface area contributed by atoms with Crippen LogP contribution in [0, 0.1) is 11.8 Å². The van der Waals surface area contributed by atoms with Crippen LogP contribution in [-0.2, 0) is 4.79 Å². The molecular formula is C14H18N2O2. The van der Waals surface area contributed by atoms with E-state index in [4.69, 9.17) is 5.11 Å². The highest BCUT2D eigenvalue weighted by atomic mass is 16.4. The minimum Gasteiger partial charge on any atom is -0.478 e. The van der Waals surface area contributed by atoms with E-state index >= 15 is 0 Å². The van der Waals surface area contributed by atoms with E-state index in [2.05, 4.69) is 23.7 Å². The maximum atomic E-state index is 10.4. The molecule has 1 aliphatic heterocycles. The third-order valence-corrected chi connectivity index (χ3v) is 3.50. The van der Waals surface area contributed by atoms with Gasteiger partial charge in [0, 0.05) is 25.4 Å².